The summed E-state index contributed by atoms with van der Waals surface area (Å²) in [7, 11) is 0. The molecule has 0 atom stereocenters. The molecule has 1 aromatic carbocycles. The van der Waals surface area contributed by atoms with Gasteiger partial charge in [-0.05, 0) is 12.0 Å². The Hall–Kier alpha value is -1.76. The van der Waals surface area contributed by atoms with Gasteiger partial charge in [-0.25, -0.2) is 8.78 Å². The van der Waals surface area contributed by atoms with Gasteiger partial charge in [0, 0.05) is 36.5 Å². The van der Waals surface area contributed by atoms with Crippen LogP contribution < -0.4 is 5.32 Å². The number of nitrogens with one attached hydrogen (secondary N) is 1. The largest absolute Gasteiger partial charge is 0.382 e. The normalized spacial score (nSPS) is 11.1. The van der Waals surface area contributed by atoms with Gasteiger partial charge in [0.15, 0.2) is 0 Å². The SMILES string of the molecule is CC(C)COCCNc1ccc([N+](=O)[O-])cc1C(F)F. The molecule has 0 aliphatic heterocycles. The molecule has 0 amide bonds. The van der Waals surface area contributed by atoms with Crippen molar-refractivity contribution >= 4 is 11.4 Å². The molecule has 0 aliphatic rings. The summed E-state index contributed by atoms with van der Waals surface area (Å²) in [5.41, 5.74) is -0.524. The van der Waals surface area contributed by atoms with Crippen molar-refractivity contribution < 1.29 is 18.4 Å². The third-order valence-electron chi connectivity index (χ3n) is 2.49. The van der Waals surface area contributed by atoms with Crippen LogP contribution in [0.1, 0.15) is 25.8 Å². The lowest BCUT2D eigenvalue weighted by molar-refractivity contribution is -0.385. The summed E-state index contributed by atoms with van der Waals surface area (Å²) in [6.07, 6.45) is -2.77. The zero-order valence-electron chi connectivity index (χ0n) is 11.4. The zero-order valence-corrected chi connectivity index (χ0v) is 11.4. The lowest BCUT2D eigenvalue weighted by Gasteiger charge is -2.12. The van der Waals surface area contributed by atoms with Gasteiger partial charge in [-0.15, -0.1) is 0 Å². The van der Waals surface area contributed by atoms with Gasteiger partial charge < -0.3 is 10.1 Å². The highest BCUT2D eigenvalue weighted by Crippen LogP contribution is 2.30. The summed E-state index contributed by atoms with van der Waals surface area (Å²) >= 11 is 0. The van der Waals surface area contributed by atoms with Crippen molar-refractivity contribution in [2.45, 2.75) is 20.3 Å². The molecule has 1 N–H and O–H groups in total. The molecule has 1 aromatic rings. The molecule has 0 unspecified atom stereocenters. The quantitative estimate of drug-likeness (QED) is 0.451. The number of rotatable bonds is 8. The number of nitro benzene ring substituents is 1. The molecule has 0 aromatic heterocycles. The number of anilines is 1. The van der Waals surface area contributed by atoms with Gasteiger partial charge in [-0.1, -0.05) is 13.8 Å². The highest BCUT2D eigenvalue weighted by atomic mass is 19.3. The van der Waals surface area contributed by atoms with E-state index in [2.05, 4.69) is 5.32 Å². The van der Waals surface area contributed by atoms with Crippen molar-refractivity contribution in [3.8, 4) is 0 Å². The Bertz CT molecular complexity index is 453. The second kappa shape index (κ2) is 7.74. The monoisotopic (exact) mass is 288 g/mol. The van der Waals surface area contributed by atoms with Crippen LogP contribution in [0.5, 0.6) is 0 Å². The van der Waals surface area contributed by atoms with Crippen LogP contribution in [0.3, 0.4) is 0 Å². The molecular weight excluding hydrogens is 270 g/mol. The molecule has 0 bridgehead atoms. The number of non-ortho nitro benzene ring substituents is 1. The Kier molecular flexibility index (Phi) is 6.30. The Morgan fingerprint density at radius 1 is 1.40 bits per heavy atom. The number of nitrogens with zero attached hydrogens (tertiary/aromatic N) is 1. The second-order valence-electron chi connectivity index (χ2n) is 4.72. The number of nitro groups is 1. The molecule has 0 spiro atoms. The summed E-state index contributed by atoms with van der Waals surface area (Å²) in [5, 5.41) is 13.4. The lowest BCUT2D eigenvalue weighted by atomic mass is 10.1. The van der Waals surface area contributed by atoms with Crippen molar-refractivity contribution in [3.05, 3.63) is 33.9 Å². The number of ether oxygens (including phenoxy) is 1. The van der Waals surface area contributed by atoms with Gasteiger partial charge in [0.2, 0.25) is 0 Å². The minimum atomic E-state index is -2.77. The van der Waals surface area contributed by atoms with Crippen molar-refractivity contribution in [3.63, 3.8) is 0 Å². The first-order valence-electron chi connectivity index (χ1n) is 6.30. The standard InChI is InChI=1S/C13H18F2N2O3/c1-9(2)8-20-6-5-16-12-4-3-10(17(18)19)7-11(12)13(14)15/h3-4,7,9,13,16H,5-6,8H2,1-2H3. The van der Waals surface area contributed by atoms with Crippen LogP contribution in [0, 0.1) is 16.0 Å². The van der Waals surface area contributed by atoms with Crippen molar-refractivity contribution in [2.75, 3.05) is 25.1 Å². The summed E-state index contributed by atoms with van der Waals surface area (Å²) in [6, 6.07) is 3.38. The molecule has 0 radical (unpaired) electrons. The summed E-state index contributed by atoms with van der Waals surface area (Å²) in [4.78, 5) is 9.88. The molecule has 0 aliphatic carbocycles. The molecule has 112 valence electrons. The van der Waals surface area contributed by atoms with E-state index in [1.165, 1.54) is 12.1 Å². The van der Waals surface area contributed by atoms with E-state index in [4.69, 9.17) is 4.74 Å². The molecule has 7 heteroatoms. The van der Waals surface area contributed by atoms with Crippen LogP contribution >= 0.6 is 0 Å². The molecule has 1 rings (SSSR count). The van der Waals surface area contributed by atoms with Gasteiger partial charge in [-0.3, -0.25) is 10.1 Å². The fourth-order valence-corrected chi connectivity index (χ4v) is 1.58. The van der Waals surface area contributed by atoms with Crippen LogP contribution in [0.25, 0.3) is 0 Å². The van der Waals surface area contributed by atoms with E-state index in [1.54, 1.807) is 0 Å². The van der Waals surface area contributed by atoms with E-state index in [0.717, 1.165) is 6.07 Å². The van der Waals surface area contributed by atoms with Gasteiger partial charge in [-0.2, -0.15) is 0 Å². The fraction of sp³-hybridized carbons (Fsp3) is 0.538. The van der Waals surface area contributed by atoms with Crippen LogP contribution in [0.15, 0.2) is 18.2 Å². The molecule has 20 heavy (non-hydrogen) atoms. The summed E-state index contributed by atoms with van der Waals surface area (Å²) in [5.74, 6) is 0.408. The Morgan fingerprint density at radius 2 is 2.10 bits per heavy atom. The average Bonchev–Trinajstić information content (AvgIpc) is 2.37. The highest BCUT2D eigenvalue weighted by molar-refractivity contribution is 5.56. The van der Waals surface area contributed by atoms with Gasteiger partial charge >= 0.3 is 0 Å². The van der Waals surface area contributed by atoms with E-state index in [1.807, 2.05) is 13.8 Å². The van der Waals surface area contributed by atoms with Gasteiger partial charge in [0.05, 0.1) is 11.5 Å². The molecule has 0 saturated heterocycles. The summed E-state index contributed by atoms with van der Waals surface area (Å²) < 4.78 is 31.0. The minimum Gasteiger partial charge on any atom is -0.382 e. The zero-order chi connectivity index (χ0) is 15.1. The Balaban J connectivity index is 2.62. The Labute approximate surface area is 116 Å². The van der Waals surface area contributed by atoms with E-state index in [-0.39, 0.29) is 16.9 Å². The molecule has 0 heterocycles. The number of alkyl halides is 2. The topological polar surface area (TPSA) is 64.4 Å². The molecule has 5 nitrogen and oxygen atoms in total. The van der Waals surface area contributed by atoms with E-state index in [0.29, 0.717) is 25.7 Å². The van der Waals surface area contributed by atoms with Crippen LogP contribution in [0.4, 0.5) is 20.2 Å². The Morgan fingerprint density at radius 3 is 2.65 bits per heavy atom. The van der Waals surface area contributed by atoms with Crippen molar-refractivity contribution in [2.24, 2.45) is 5.92 Å². The van der Waals surface area contributed by atoms with Crippen LogP contribution in [0.2, 0.25) is 0 Å². The predicted octanol–water partition coefficient (Wildman–Crippen LogP) is 3.62. The maximum absolute atomic E-state index is 12.9. The van der Waals surface area contributed by atoms with Gasteiger partial charge in [0.1, 0.15) is 0 Å². The second-order valence-corrected chi connectivity index (χ2v) is 4.72. The average molecular weight is 288 g/mol. The van der Waals surface area contributed by atoms with Crippen LogP contribution in [-0.4, -0.2) is 24.7 Å². The maximum atomic E-state index is 12.9. The fourth-order valence-electron chi connectivity index (χ4n) is 1.58. The third-order valence-corrected chi connectivity index (χ3v) is 2.49. The molecule has 0 saturated carbocycles. The first kappa shape index (κ1) is 16.3. The maximum Gasteiger partial charge on any atom is 0.270 e. The highest BCUT2D eigenvalue weighted by Gasteiger charge is 2.17. The van der Waals surface area contributed by atoms with Crippen molar-refractivity contribution in [1.29, 1.82) is 0 Å². The van der Waals surface area contributed by atoms with E-state index in [9.17, 15) is 18.9 Å². The predicted molar refractivity (Wildman–Crippen MR) is 72.2 cm³/mol. The molecule has 0 fully saturated rings. The van der Waals surface area contributed by atoms with Gasteiger partial charge in [0.25, 0.3) is 12.1 Å². The van der Waals surface area contributed by atoms with E-state index < -0.39 is 11.3 Å². The molecular formula is C13H18F2N2O3. The summed E-state index contributed by atoms with van der Waals surface area (Å²) in [6.45, 7) is 5.38. The minimum absolute atomic E-state index is 0.193. The first-order valence-corrected chi connectivity index (χ1v) is 6.30. The number of hydrogen-bond acceptors (Lipinski definition) is 4. The number of benzene rings is 1. The first-order chi connectivity index (χ1) is 9.41. The third kappa shape index (κ3) is 5.08. The lowest BCUT2D eigenvalue weighted by Crippen LogP contribution is -2.13. The smallest absolute Gasteiger partial charge is 0.270 e. The number of hydrogen-bond donors (Lipinski definition) is 1. The number of halogens is 2. The van der Waals surface area contributed by atoms with Crippen molar-refractivity contribution in [1.82, 2.24) is 0 Å². The van der Waals surface area contributed by atoms with E-state index >= 15 is 0 Å². The van der Waals surface area contributed by atoms with Crippen LogP contribution in [-0.2, 0) is 4.74 Å².